The van der Waals surface area contributed by atoms with E-state index in [1.807, 2.05) is 30.3 Å². The molecule has 28 heavy (non-hydrogen) atoms. The maximum Gasteiger partial charge on any atom is 0.414 e. The number of ether oxygens (including phenoxy) is 3. The molecule has 2 aromatic carbocycles. The van der Waals surface area contributed by atoms with E-state index in [1.54, 1.807) is 21.3 Å². The third-order valence-corrected chi connectivity index (χ3v) is 3.82. The molecular formula is C20H25NO7. The Labute approximate surface area is 163 Å². The molecule has 8 nitrogen and oxygen atoms in total. The van der Waals surface area contributed by atoms with Crippen LogP contribution in [0.2, 0.25) is 0 Å². The fourth-order valence-corrected chi connectivity index (χ4v) is 2.37. The molecule has 0 aliphatic carbocycles. The van der Waals surface area contributed by atoms with Crippen molar-refractivity contribution in [3.8, 4) is 17.2 Å². The Hall–Kier alpha value is -3.26. The zero-order valence-electron chi connectivity index (χ0n) is 16.3. The Morgan fingerprint density at radius 1 is 0.929 bits per heavy atom. The lowest BCUT2D eigenvalue weighted by atomic mass is 10.1. The van der Waals surface area contributed by atoms with Crippen LogP contribution in [0, 0.1) is 0 Å². The third-order valence-electron chi connectivity index (χ3n) is 3.82. The molecule has 0 unspecified atom stereocenters. The Balaban J connectivity index is 0.000000568. The van der Waals surface area contributed by atoms with Gasteiger partial charge in [-0.25, -0.2) is 9.59 Å². The number of benzene rings is 2. The largest absolute Gasteiger partial charge is 0.493 e. The lowest BCUT2D eigenvalue weighted by Crippen LogP contribution is -2.18. The zero-order chi connectivity index (χ0) is 21.1. The van der Waals surface area contributed by atoms with Gasteiger partial charge in [0.2, 0.25) is 5.75 Å². The number of carbonyl (C=O) groups is 2. The van der Waals surface area contributed by atoms with Crippen LogP contribution in [0.4, 0.5) is 0 Å². The molecule has 0 saturated carbocycles. The monoisotopic (exact) mass is 391 g/mol. The second-order valence-electron chi connectivity index (χ2n) is 5.66. The molecule has 0 amide bonds. The van der Waals surface area contributed by atoms with Crippen molar-refractivity contribution in [1.29, 1.82) is 0 Å². The van der Waals surface area contributed by atoms with Gasteiger partial charge in [0, 0.05) is 12.6 Å². The first kappa shape index (κ1) is 22.8. The van der Waals surface area contributed by atoms with E-state index in [2.05, 4.69) is 24.4 Å². The molecule has 2 rings (SSSR count). The van der Waals surface area contributed by atoms with Crippen LogP contribution in [-0.4, -0.2) is 43.5 Å². The minimum atomic E-state index is -1.82. The summed E-state index contributed by atoms with van der Waals surface area (Å²) in [4.78, 5) is 18.2. The normalized spacial score (nSPS) is 10.9. The second-order valence-corrected chi connectivity index (χ2v) is 5.66. The van der Waals surface area contributed by atoms with Gasteiger partial charge >= 0.3 is 11.9 Å². The third kappa shape index (κ3) is 6.81. The first-order chi connectivity index (χ1) is 13.3. The van der Waals surface area contributed by atoms with Crippen molar-refractivity contribution < 1.29 is 34.0 Å². The summed E-state index contributed by atoms with van der Waals surface area (Å²) >= 11 is 0. The maximum atomic E-state index is 9.10. The van der Waals surface area contributed by atoms with E-state index in [9.17, 15) is 0 Å². The van der Waals surface area contributed by atoms with Gasteiger partial charge in [0.1, 0.15) is 0 Å². The highest BCUT2D eigenvalue weighted by Gasteiger charge is 2.13. The molecule has 3 N–H and O–H groups in total. The van der Waals surface area contributed by atoms with Crippen LogP contribution >= 0.6 is 0 Å². The number of hydrogen-bond donors (Lipinski definition) is 3. The second kappa shape index (κ2) is 11.5. The van der Waals surface area contributed by atoms with E-state index in [4.69, 9.17) is 34.0 Å². The van der Waals surface area contributed by atoms with E-state index < -0.39 is 11.9 Å². The van der Waals surface area contributed by atoms with E-state index in [1.165, 1.54) is 5.56 Å². The van der Waals surface area contributed by atoms with Crippen molar-refractivity contribution in [3.05, 3.63) is 53.6 Å². The molecule has 0 heterocycles. The Kier molecular flexibility index (Phi) is 9.32. The van der Waals surface area contributed by atoms with Crippen molar-refractivity contribution in [2.45, 2.75) is 19.5 Å². The van der Waals surface area contributed by atoms with Crippen LogP contribution in [0.25, 0.3) is 0 Å². The first-order valence-corrected chi connectivity index (χ1v) is 8.37. The molecule has 0 radical (unpaired) electrons. The van der Waals surface area contributed by atoms with Crippen LogP contribution < -0.4 is 19.5 Å². The number of rotatable bonds is 7. The number of aliphatic carboxylic acids is 2. The minimum absolute atomic E-state index is 0.264. The highest BCUT2D eigenvalue weighted by molar-refractivity contribution is 6.27. The van der Waals surface area contributed by atoms with Crippen LogP contribution in [0.3, 0.4) is 0 Å². The van der Waals surface area contributed by atoms with Gasteiger partial charge in [-0.05, 0) is 30.2 Å². The van der Waals surface area contributed by atoms with Gasteiger partial charge in [0.25, 0.3) is 0 Å². The standard InChI is InChI=1S/C18H23NO3.C2H2O4/c1-13(15-8-6-5-7-9-15)19-12-14-10-16(20-2)18(22-4)17(11-14)21-3;3-1(4)2(5)6/h5-11,13,19H,12H2,1-4H3;(H,3,4)(H,5,6)/t13-;/m1./s1. The minimum Gasteiger partial charge on any atom is -0.493 e. The quantitative estimate of drug-likeness (QED) is 0.617. The SMILES string of the molecule is COc1cc(CN[C@H](C)c2ccccc2)cc(OC)c1OC.O=C(O)C(=O)O. The molecule has 1 atom stereocenters. The van der Waals surface area contributed by atoms with E-state index >= 15 is 0 Å². The molecule has 0 aromatic heterocycles. The van der Waals surface area contributed by atoms with Crippen molar-refractivity contribution in [1.82, 2.24) is 5.32 Å². The number of hydrogen-bond acceptors (Lipinski definition) is 6. The fraction of sp³-hybridized carbons (Fsp3) is 0.300. The highest BCUT2D eigenvalue weighted by atomic mass is 16.5. The summed E-state index contributed by atoms with van der Waals surface area (Å²) in [5.41, 5.74) is 2.34. The number of carboxylic acids is 2. The zero-order valence-corrected chi connectivity index (χ0v) is 16.3. The van der Waals surface area contributed by atoms with Crippen molar-refractivity contribution in [3.63, 3.8) is 0 Å². The van der Waals surface area contributed by atoms with Crippen LogP contribution in [0.1, 0.15) is 24.1 Å². The number of nitrogens with one attached hydrogen (secondary N) is 1. The molecule has 0 aliphatic heterocycles. The number of carboxylic acid groups (broad SMARTS) is 2. The van der Waals surface area contributed by atoms with E-state index in [0.29, 0.717) is 23.8 Å². The first-order valence-electron chi connectivity index (χ1n) is 8.37. The maximum absolute atomic E-state index is 9.10. The van der Waals surface area contributed by atoms with Crippen molar-refractivity contribution in [2.75, 3.05) is 21.3 Å². The topological polar surface area (TPSA) is 114 Å². The van der Waals surface area contributed by atoms with Crippen molar-refractivity contribution >= 4 is 11.9 Å². The summed E-state index contributed by atoms with van der Waals surface area (Å²) in [7, 11) is 4.86. The molecule has 0 fully saturated rings. The lowest BCUT2D eigenvalue weighted by Gasteiger charge is -2.17. The molecule has 152 valence electrons. The molecule has 0 aliphatic rings. The summed E-state index contributed by atoms with van der Waals surface area (Å²) < 4.78 is 16.1. The summed E-state index contributed by atoms with van der Waals surface area (Å²) in [6, 6.07) is 14.5. The van der Waals surface area contributed by atoms with E-state index in [-0.39, 0.29) is 6.04 Å². The van der Waals surface area contributed by atoms with Crippen molar-refractivity contribution in [2.24, 2.45) is 0 Å². The van der Waals surface area contributed by atoms with Gasteiger partial charge in [-0.3, -0.25) is 0 Å². The average molecular weight is 391 g/mol. The van der Waals surface area contributed by atoms with Gasteiger partial charge < -0.3 is 29.7 Å². The highest BCUT2D eigenvalue weighted by Crippen LogP contribution is 2.38. The van der Waals surface area contributed by atoms with Crippen LogP contribution in [0.5, 0.6) is 17.2 Å². The summed E-state index contributed by atoms with van der Waals surface area (Å²) in [5, 5.41) is 18.3. The Bertz CT molecular complexity index is 740. The predicted octanol–water partition coefficient (Wildman–Crippen LogP) is 2.72. The summed E-state index contributed by atoms with van der Waals surface area (Å²) in [5.74, 6) is -1.69. The van der Waals surface area contributed by atoms with Crippen LogP contribution in [0.15, 0.2) is 42.5 Å². The summed E-state index contributed by atoms with van der Waals surface area (Å²) in [6.07, 6.45) is 0. The molecule has 0 spiro atoms. The predicted molar refractivity (Wildman–Crippen MR) is 103 cm³/mol. The fourth-order valence-electron chi connectivity index (χ4n) is 2.37. The van der Waals surface area contributed by atoms with Gasteiger partial charge in [-0.1, -0.05) is 30.3 Å². The van der Waals surface area contributed by atoms with Gasteiger partial charge in [-0.2, -0.15) is 0 Å². The Morgan fingerprint density at radius 2 is 1.43 bits per heavy atom. The average Bonchev–Trinajstić information content (AvgIpc) is 2.71. The molecule has 0 saturated heterocycles. The molecule has 2 aromatic rings. The van der Waals surface area contributed by atoms with Gasteiger partial charge in [0.05, 0.1) is 21.3 Å². The van der Waals surface area contributed by atoms with Gasteiger partial charge in [-0.15, -0.1) is 0 Å². The number of methoxy groups -OCH3 is 3. The Morgan fingerprint density at radius 3 is 1.82 bits per heavy atom. The smallest absolute Gasteiger partial charge is 0.414 e. The molecular weight excluding hydrogens is 366 g/mol. The van der Waals surface area contributed by atoms with Crippen LogP contribution in [-0.2, 0) is 16.1 Å². The summed E-state index contributed by atoms with van der Waals surface area (Å²) in [6.45, 7) is 2.86. The lowest BCUT2D eigenvalue weighted by molar-refractivity contribution is -0.159. The van der Waals surface area contributed by atoms with E-state index in [0.717, 1.165) is 5.56 Å². The molecule has 0 bridgehead atoms. The molecule has 8 heteroatoms. The van der Waals surface area contributed by atoms with Gasteiger partial charge in [0.15, 0.2) is 11.5 Å².